The Kier molecular flexibility index (Phi) is 5.58. The van der Waals surface area contributed by atoms with Gasteiger partial charge in [-0.25, -0.2) is 9.97 Å². The first-order chi connectivity index (χ1) is 9.74. The molecule has 2 N–H and O–H groups in total. The molecule has 0 saturated carbocycles. The standard InChI is InChI=1S/C15H19IN4/c1-3-6-13-14(17-4-2)18-10-19-15(13)20-12-8-5-7-11(16)9-12/h5,7-10H,3-4,6H2,1-2H3,(H2,17,18,19,20). The van der Waals surface area contributed by atoms with Gasteiger partial charge in [0, 0.05) is 21.4 Å². The van der Waals surface area contributed by atoms with E-state index in [9.17, 15) is 0 Å². The van der Waals surface area contributed by atoms with Gasteiger partial charge in [-0.05, 0) is 54.1 Å². The zero-order valence-corrected chi connectivity index (χ0v) is 13.9. The van der Waals surface area contributed by atoms with Gasteiger partial charge in [-0.2, -0.15) is 0 Å². The van der Waals surface area contributed by atoms with Crippen LogP contribution in [0.2, 0.25) is 0 Å². The molecule has 20 heavy (non-hydrogen) atoms. The molecule has 0 fully saturated rings. The van der Waals surface area contributed by atoms with Crippen LogP contribution in [-0.2, 0) is 6.42 Å². The third-order valence-electron chi connectivity index (χ3n) is 2.88. The molecular formula is C15H19IN4. The second-order valence-electron chi connectivity index (χ2n) is 4.47. The first-order valence-corrected chi connectivity index (χ1v) is 7.92. The molecule has 0 radical (unpaired) electrons. The summed E-state index contributed by atoms with van der Waals surface area (Å²) in [5, 5.41) is 6.71. The lowest BCUT2D eigenvalue weighted by atomic mass is 10.1. The van der Waals surface area contributed by atoms with Crippen molar-refractivity contribution in [2.24, 2.45) is 0 Å². The van der Waals surface area contributed by atoms with Crippen molar-refractivity contribution in [2.75, 3.05) is 17.2 Å². The summed E-state index contributed by atoms with van der Waals surface area (Å²) in [6, 6.07) is 8.26. The first kappa shape index (κ1) is 15.0. The second-order valence-corrected chi connectivity index (χ2v) is 5.71. The number of halogens is 1. The van der Waals surface area contributed by atoms with Gasteiger partial charge in [0.25, 0.3) is 0 Å². The monoisotopic (exact) mass is 382 g/mol. The average Bonchev–Trinajstić information content (AvgIpc) is 2.43. The van der Waals surface area contributed by atoms with Crippen LogP contribution in [0.15, 0.2) is 30.6 Å². The molecule has 1 aromatic carbocycles. The molecule has 0 atom stereocenters. The Morgan fingerprint density at radius 2 is 1.95 bits per heavy atom. The zero-order chi connectivity index (χ0) is 14.4. The summed E-state index contributed by atoms with van der Waals surface area (Å²) in [4.78, 5) is 8.74. The highest BCUT2D eigenvalue weighted by Crippen LogP contribution is 2.25. The normalized spacial score (nSPS) is 10.3. The highest BCUT2D eigenvalue weighted by atomic mass is 127. The molecule has 0 saturated heterocycles. The van der Waals surface area contributed by atoms with Crippen molar-refractivity contribution in [3.8, 4) is 0 Å². The fraction of sp³-hybridized carbons (Fsp3) is 0.333. The van der Waals surface area contributed by atoms with Gasteiger partial charge in [-0.3, -0.25) is 0 Å². The molecular weight excluding hydrogens is 363 g/mol. The van der Waals surface area contributed by atoms with Crippen molar-refractivity contribution in [2.45, 2.75) is 26.7 Å². The molecule has 0 aliphatic heterocycles. The van der Waals surface area contributed by atoms with Crippen molar-refractivity contribution in [1.82, 2.24) is 9.97 Å². The largest absolute Gasteiger partial charge is 0.370 e. The fourth-order valence-electron chi connectivity index (χ4n) is 2.03. The summed E-state index contributed by atoms with van der Waals surface area (Å²) in [5.41, 5.74) is 2.20. The van der Waals surface area contributed by atoms with E-state index in [0.29, 0.717) is 0 Å². The number of aromatic nitrogens is 2. The number of nitrogens with zero attached hydrogens (tertiary/aromatic N) is 2. The lowest BCUT2D eigenvalue weighted by Gasteiger charge is -2.14. The number of hydrogen-bond donors (Lipinski definition) is 2. The number of anilines is 3. The number of nitrogens with one attached hydrogen (secondary N) is 2. The van der Waals surface area contributed by atoms with Crippen LogP contribution in [0.3, 0.4) is 0 Å². The number of benzene rings is 1. The van der Waals surface area contributed by atoms with Crippen molar-refractivity contribution >= 4 is 39.9 Å². The first-order valence-electron chi connectivity index (χ1n) is 6.85. The van der Waals surface area contributed by atoms with E-state index in [2.05, 4.69) is 69.2 Å². The Balaban J connectivity index is 2.32. The molecule has 2 rings (SSSR count). The Morgan fingerprint density at radius 3 is 2.65 bits per heavy atom. The number of rotatable bonds is 6. The van der Waals surface area contributed by atoms with E-state index >= 15 is 0 Å². The van der Waals surface area contributed by atoms with Gasteiger partial charge in [0.05, 0.1) is 0 Å². The lowest BCUT2D eigenvalue weighted by molar-refractivity contribution is 0.902. The molecule has 4 nitrogen and oxygen atoms in total. The molecule has 0 aliphatic rings. The third kappa shape index (κ3) is 3.82. The van der Waals surface area contributed by atoms with Gasteiger partial charge in [-0.1, -0.05) is 19.4 Å². The van der Waals surface area contributed by atoms with Gasteiger partial charge in [0.2, 0.25) is 0 Å². The zero-order valence-electron chi connectivity index (χ0n) is 11.8. The van der Waals surface area contributed by atoms with Crippen LogP contribution < -0.4 is 10.6 Å². The molecule has 106 valence electrons. The van der Waals surface area contributed by atoms with Crippen LogP contribution in [0, 0.1) is 3.57 Å². The van der Waals surface area contributed by atoms with Crippen LogP contribution in [0.25, 0.3) is 0 Å². The van der Waals surface area contributed by atoms with Crippen LogP contribution in [0.4, 0.5) is 17.3 Å². The van der Waals surface area contributed by atoms with E-state index in [1.807, 2.05) is 12.1 Å². The molecule has 0 aliphatic carbocycles. The Labute approximate surface area is 133 Å². The summed E-state index contributed by atoms with van der Waals surface area (Å²) < 4.78 is 1.20. The maximum Gasteiger partial charge on any atom is 0.139 e. The minimum absolute atomic E-state index is 0.858. The summed E-state index contributed by atoms with van der Waals surface area (Å²) >= 11 is 2.31. The summed E-state index contributed by atoms with van der Waals surface area (Å²) in [6.45, 7) is 5.10. The molecule has 0 bridgehead atoms. The SMILES string of the molecule is CCCc1c(NCC)ncnc1Nc1cccc(I)c1. The van der Waals surface area contributed by atoms with Crippen LogP contribution in [-0.4, -0.2) is 16.5 Å². The smallest absolute Gasteiger partial charge is 0.139 e. The number of hydrogen-bond acceptors (Lipinski definition) is 4. The molecule has 1 aromatic heterocycles. The van der Waals surface area contributed by atoms with Crippen LogP contribution >= 0.6 is 22.6 Å². The second kappa shape index (κ2) is 7.42. The van der Waals surface area contributed by atoms with E-state index in [1.165, 1.54) is 3.57 Å². The van der Waals surface area contributed by atoms with Crippen LogP contribution in [0.1, 0.15) is 25.8 Å². The van der Waals surface area contributed by atoms with Crippen LogP contribution in [0.5, 0.6) is 0 Å². The van der Waals surface area contributed by atoms with E-state index in [4.69, 9.17) is 0 Å². The van der Waals surface area contributed by atoms with Crippen molar-refractivity contribution in [3.63, 3.8) is 0 Å². The molecule has 2 aromatic rings. The van der Waals surface area contributed by atoms with E-state index < -0.39 is 0 Å². The quantitative estimate of drug-likeness (QED) is 0.735. The lowest BCUT2D eigenvalue weighted by Crippen LogP contribution is -2.08. The van der Waals surface area contributed by atoms with E-state index in [-0.39, 0.29) is 0 Å². The molecule has 1 heterocycles. The maximum absolute atomic E-state index is 4.40. The maximum atomic E-state index is 4.40. The van der Waals surface area contributed by atoms with E-state index in [0.717, 1.165) is 42.3 Å². The molecule has 0 amide bonds. The predicted octanol–water partition coefficient (Wildman–Crippen LogP) is 4.21. The molecule has 5 heteroatoms. The van der Waals surface area contributed by atoms with Gasteiger partial charge >= 0.3 is 0 Å². The minimum atomic E-state index is 0.858. The Hall–Kier alpha value is -1.37. The summed E-state index contributed by atoms with van der Waals surface area (Å²) in [7, 11) is 0. The molecule has 0 unspecified atom stereocenters. The fourth-order valence-corrected chi connectivity index (χ4v) is 2.57. The summed E-state index contributed by atoms with van der Waals surface area (Å²) in [6.07, 6.45) is 3.62. The highest BCUT2D eigenvalue weighted by Gasteiger charge is 2.10. The van der Waals surface area contributed by atoms with Gasteiger partial charge in [0.15, 0.2) is 0 Å². The predicted molar refractivity (Wildman–Crippen MR) is 92.6 cm³/mol. The average molecular weight is 382 g/mol. The topological polar surface area (TPSA) is 49.8 Å². The summed E-state index contributed by atoms with van der Waals surface area (Å²) in [5.74, 6) is 1.82. The van der Waals surface area contributed by atoms with Crippen molar-refractivity contribution in [3.05, 3.63) is 39.7 Å². The third-order valence-corrected chi connectivity index (χ3v) is 3.55. The van der Waals surface area contributed by atoms with Gasteiger partial charge in [-0.15, -0.1) is 0 Å². The molecule has 0 spiro atoms. The van der Waals surface area contributed by atoms with Crippen molar-refractivity contribution in [1.29, 1.82) is 0 Å². The Bertz CT molecular complexity index is 572. The van der Waals surface area contributed by atoms with Gasteiger partial charge in [0.1, 0.15) is 18.0 Å². The minimum Gasteiger partial charge on any atom is -0.370 e. The van der Waals surface area contributed by atoms with Gasteiger partial charge < -0.3 is 10.6 Å². The van der Waals surface area contributed by atoms with Crippen molar-refractivity contribution < 1.29 is 0 Å². The highest BCUT2D eigenvalue weighted by molar-refractivity contribution is 14.1. The Morgan fingerprint density at radius 1 is 1.15 bits per heavy atom. The van der Waals surface area contributed by atoms with E-state index in [1.54, 1.807) is 6.33 Å².